The Balaban J connectivity index is 2.29. The molecule has 0 saturated carbocycles. The van der Waals surface area contributed by atoms with Gasteiger partial charge in [-0.15, -0.1) is 0 Å². The second kappa shape index (κ2) is 6.34. The number of thiophene rings is 1. The van der Waals surface area contributed by atoms with Crippen molar-refractivity contribution in [3.8, 4) is 0 Å². The second-order valence-corrected chi connectivity index (χ2v) is 6.59. The van der Waals surface area contributed by atoms with Gasteiger partial charge in [0, 0.05) is 19.1 Å². The number of hydrogen-bond acceptors (Lipinski definition) is 4. The summed E-state index contributed by atoms with van der Waals surface area (Å²) in [7, 11) is -3.16. The normalized spacial score (nSPS) is 12.2. The fraction of sp³-hybridized carbons (Fsp3) is 0.600. The Hall–Kier alpha value is -0.430. The van der Waals surface area contributed by atoms with E-state index < -0.39 is 10.0 Å². The van der Waals surface area contributed by atoms with E-state index in [4.69, 9.17) is 0 Å². The zero-order valence-electron chi connectivity index (χ0n) is 9.56. The second-order valence-electron chi connectivity index (χ2n) is 3.88. The molecule has 0 aliphatic heterocycles. The summed E-state index contributed by atoms with van der Waals surface area (Å²) in [6.45, 7) is 4.85. The maximum atomic E-state index is 11.6. The molecule has 2 N–H and O–H groups in total. The molecular formula is C10H18N2O2S2. The summed E-state index contributed by atoms with van der Waals surface area (Å²) in [5, 5.41) is 6.95. The summed E-state index contributed by atoms with van der Waals surface area (Å²) in [4.78, 5) is 0. The van der Waals surface area contributed by atoms with Crippen molar-refractivity contribution in [1.29, 1.82) is 0 Å². The predicted octanol–water partition coefficient (Wildman–Crippen LogP) is 1.17. The fourth-order valence-corrected chi connectivity index (χ4v) is 2.73. The van der Waals surface area contributed by atoms with Gasteiger partial charge >= 0.3 is 0 Å². The molecule has 0 aliphatic rings. The summed E-state index contributed by atoms with van der Waals surface area (Å²) < 4.78 is 25.7. The zero-order valence-corrected chi connectivity index (χ0v) is 11.2. The van der Waals surface area contributed by atoms with Crippen LogP contribution >= 0.6 is 11.3 Å². The Kier molecular flexibility index (Phi) is 5.40. The molecule has 0 bridgehead atoms. The molecular weight excluding hydrogens is 244 g/mol. The maximum absolute atomic E-state index is 11.6. The molecule has 0 fully saturated rings. The van der Waals surface area contributed by atoms with Crippen LogP contribution in [0.4, 0.5) is 0 Å². The summed E-state index contributed by atoms with van der Waals surface area (Å²) >= 11 is 1.56. The number of sulfonamides is 1. The van der Waals surface area contributed by atoms with Crippen molar-refractivity contribution in [3.63, 3.8) is 0 Å². The molecule has 4 nitrogen and oxygen atoms in total. The van der Waals surface area contributed by atoms with Crippen LogP contribution in [0.25, 0.3) is 0 Å². The van der Waals surface area contributed by atoms with Crippen molar-refractivity contribution in [3.05, 3.63) is 22.4 Å². The molecule has 1 rings (SSSR count). The summed E-state index contributed by atoms with van der Waals surface area (Å²) in [6.07, 6.45) is 0. The van der Waals surface area contributed by atoms with Crippen LogP contribution in [0, 0.1) is 0 Å². The highest BCUT2D eigenvalue weighted by atomic mass is 32.2. The Morgan fingerprint density at radius 3 is 2.75 bits per heavy atom. The lowest BCUT2D eigenvalue weighted by molar-refractivity contribution is 0.566. The molecule has 6 heteroatoms. The topological polar surface area (TPSA) is 58.2 Å². The summed E-state index contributed by atoms with van der Waals surface area (Å²) in [5.41, 5.74) is 1.00. The quantitative estimate of drug-likeness (QED) is 0.775. The molecule has 1 heterocycles. The number of rotatable bonds is 7. The van der Waals surface area contributed by atoms with Gasteiger partial charge in [-0.1, -0.05) is 13.8 Å². The van der Waals surface area contributed by atoms with Gasteiger partial charge in [0.15, 0.2) is 0 Å². The summed E-state index contributed by atoms with van der Waals surface area (Å²) in [5.74, 6) is 0.120. The van der Waals surface area contributed by atoms with Gasteiger partial charge in [0.25, 0.3) is 0 Å². The van der Waals surface area contributed by atoms with Crippen molar-refractivity contribution in [2.75, 3.05) is 12.3 Å². The molecule has 0 saturated heterocycles. The molecule has 0 spiro atoms. The molecule has 92 valence electrons. The van der Waals surface area contributed by atoms with Gasteiger partial charge in [-0.2, -0.15) is 11.3 Å². The first-order valence-electron chi connectivity index (χ1n) is 5.21. The summed E-state index contributed by atoms with van der Waals surface area (Å²) in [6, 6.07) is 2.23. The first-order chi connectivity index (χ1) is 7.49. The van der Waals surface area contributed by atoms with Crippen molar-refractivity contribution in [2.45, 2.75) is 26.4 Å². The standard InChI is InChI=1S/C10H18N2O2S2/c1-9(2)11-4-6-16(13,14)12-7-10-3-5-15-8-10/h3,5,8-9,11-12H,4,6-7H2,1-2H3. The van der Waals surface area contributed by atoms with Gasteiger partial charge < -0.3 is 5.32 Å². The van der Waals surface area contributed by atoms with E-state index in [1.165, 1.54) is 0 Å². The lowest BCUT2D eigenvalue weighted by Gasteiger charge is -2.09. The van der Waals surface area contributed by atoms with Gasteiger partial charge in [-0.05, 0) is 22.4 Å². The fourth-order valence-electron chi connectivity index (χ4n) is 1.14. The van der Waals surface area contributed by atoms with E-state index >= 15 is 0 Å². The van der Waals surface area contributed by atoms with Crippen LogP contribution in [0.3, 0.4) is 0 Å². The van der Waals surface area contributed by atoms with Crippen LogP contribution < -0.4 is 10.0 Å². The third kappa shape index (κ3) is 5.60. The highest BCUT2D eigenvalue weighted by Gasteiger charge is 2.09. The predicted molar refractivity (Wildman–Crippen MR) is 68.1 cm³/mol. The smallest absolute Gasteiger partial charge is 0.213 e. The van der Waals surface area contributed by atoms with Crippen LogP contribution in [0.15, 0.2) is 16.8 Å². The minimum absolute atomic E-state index is 0.120. The first kappa shape index (κ1) is 13.6. The largest absolute Gasteiger partial charge is 0.313 e. The van der Waals surface area contributed by atoms with E-state index in [-0.39, 0.29) is 5.75 Å². The highest BCUT2D eigenvalue weighted by Crippen LogP contribution is 2.05. The van der Waals surface area contributed by atoms with Crippen molar-refractivity contribution < 1.29 is 8.42 Å². The van der Waals surface area contributed by atoms with Gasteiger partial charge in [-0.25, -0.2) is 13.1 Å². The molecule has 1 aromatic rings. The maximum Gasteiger partial charge on any atom is 0.213 e. The van der Waals surface area contributed by atoms with Gasteiger partial charge in [-0.3, -0.25) is 0 Å². The third-order valence-corrected chi connectivity index (χ3v) is 4.06. The molecule has 0 aromatic carbocycles. The van der Waals surface area contributed by atoms with Crippen LogP contribution in [-0.2, 0) is 16.6 Å². The lowest BCUT2D eigenvalue weighted by atomic mass is 10.4. The van der Waals surface area contributed by atoms with Crippen LogP contribution in [-0.4, -0.2) is 26.8 Å². The average molecular weight is 262 g/mol. The Morgan fingerprint density at radius 2 is 2.19 bits per heavy atom. The van der Waals surface area contributed by atoms with Crippen molar-refractivity contribution >= 4 is 21.4 Å². The first-order valence-corrected chi connectivity index (χ1v) is 7.81. The Morgan fingerprint density at radius 1 is 1.44 bits per heavy atom. The minimum Gasteiger partial charge on any atom is -0.313 e. The molecule has 16 heavy (non-hydrogen) atoms. The van der Waals surface area contributed by atoms with Gasteiger partial charge in [0.2, 0.25) is 10.0 Å². The van der Waals surface area contributed by atoms with Crippen LogP contribution in [0.1, 0.15) is 19.4 Å². The van der Waals surface area contributed by atoms with Gasteiger partial charge in [0.05, 0.1) is 5.75 Å². The molecule has 0 aliphatic carbocycles. The third-order valence-electron chi connectivity index (χ3n) is 2.00. The van der Waals surface area contributed by atoms with E-state index in [0.717, 1.165) is 5.56 Å². The zero-order chi connectivity index (χ0) is 12.0. The molecule has 0 radical (unpaired) electrons. The van der Waals surface area contributed by atoms with E-state index in [1.54, 1.807) is 11.3 Å². The van der Waals surface area contributed by atoms with Crippen molar-refractivity contribution in [1.82, 2.24) is 10.0 Å². The number of nitrogens with one attached hydrogen (secondary N) is 2. The SMILES string of the molecule is CC(C)NCCS(=O)(=O)NCc1ccsc1. The molecule has 0 atom stereocenters. The lowest BCUT2D eigenvalue weighted by Crippen LogP contribution is -2.34. The molecule has 0 unspecified atom stereocenters. The number of hydrogen-bond donors (Lipinski definition) is 2. The van der Waals surface area contributed by atoms with Crippen LogP contribution in [0.5, 0.6) is 0 Å². The van der Waals surface area contributed by atoms with E-state index in [2.05, 4.69) is 10.0 Å². The molecule has 1 aromatic heterocycles. The van der Waals surface area contributed by atoms with E-state index in [1.807, 2.05) is 30.7 Å². The Bertz CT molecular complexity index is 385. The van der Waals surface area contributed by atoms with Crippen molar-refractivity contribution in [2.24, 2.45) is 0 Å². The van der Waals surface area contributed by atoms with Crippen LogP contribution in [0.2, 0.25) is 0 Å². The van der Waals surface area contributed by atoms with Gasteiger partial charge in [0.1, 0.15) is 0 Å². The van der Waals surface area contributed by atoms with E-state index in [9.17, 15) is 8.42 Å². The Labute approximate surface area is 101 Å². The highest BCUT2D eigenvalue weighted by molar-refractivity contribution is 7.89. The monoisotopic (exact) mass is 262 g/mol. The minimum atomic E-state index is -3.16. The average Bonchev–Trinajstić information content (AvgIpc) is 2.66. The van der Waals surface area contributed by atoms with E-state index in [0.29, 0.717) is 19.1 Å². The molecule has 0 amide bonds.